The number of aliphatic carboxylic acids is 1. The van der Waals surface area contributed by atoms with Crippen LogP contribution in [0.5, 0.6) is 0 Å². The molecule has 0 unspecified atom stereocenters. The fraction of sp³-hybridized carbons (Fsp3) is 0.240. The van der Waals surface area contributed by atoms with Gasteiger partial charge >= 0.3 is 29.6 Å². The van der Waals surface area contributed by atoms with Gasteiger partial charge in [-0.25, -0.2) is 0 Å². The first-order chi connectivity index (χ1) is 15.5. The molecule has 4 rings (SSSR count). The number of hydrogen-bond acceptors (Lipinski definition) is 7. The zero-order valence-corrected chi connectivity index (χ0v) is 21.7. The van der Waals surface area contributed by atoms with Crippen molar-refractivity contribution in [3.63, 3.8) is 0 Å². The maximum Gasteiger partial charge on any atom is 1.00 e. The number of hydrogen-bond donors (Lipinski definition) is 1. The molecule has 1 heterocycles. The molecule has 1 N–H and O–H groups in total. The van der Waals surface area contributed by atoms with Gasteiger partial charge in [0.1, 0.15) is 11.5 Å². The number of carbonyl (C=O) groups is 2. The number of nitrogens with one attached hydrogen (secondary N) is 1. The van der Waals surface area contributed by atoms with Crippen molar-refractivity contribution in [1.29, 1.82) is 0 Å². The van der Waals surface area contributed by atoms with Crippen LogP contribution in [-0.2, 0) is 26.3 Å². The summed E-state index contributed by atoms with van der Waals surface area (Å²) >= 11 is 1.37. The van der Waals surface area contributed by atoms with Gasteiger partial charge in [0.15, 0.2) is 0 Å². The number of anilines is 1. The van der Waals surface area contributed by atoms with Gasteiger partial charge in [-0.1, -0.05) is 48.4 Å². The van der Waals surface area contributed by atoms with Crippen LogP contribution < -0.4 is 40.0 Å². The summed E-state index contributed by atoms with van der Waals surface area (Å²) in [6, 6.07) is 16.9. The molecule has 1 fully saturated rings. The Labute approximate surface area is 219 Å². The number of carboxylic acid groups (broad SMARTS) is 1. The van der Waals surface area contributed by atoms with Gasteiger partial charge in [0.2, 0.25) is 0 Å². The van der Waals surface area contributed by atoms with Gasteiger partial charge in [-0.3, -0.25) is 4.79 Å². The van der Waals surface area contributed by atoms with E-state index in [2.05, 4.69) is 26.3 Å². The second kappa shape index (κ2) is 12.6. The summed E-state index contributed by atoms with van der Waals surface area (Å²) in [5.41, 5.74) is 3.81. The smallest absolute Gasteiger partial charge is 0.549 e. The number of carbonyl (C=O) groups excluding carboxylic acids is 2. The molecule has 1 saturated carbocycles. The van der Waals surface area contributed by atoms with Gasteiger partial charge in [0.05, 0.1) is 17.4 Å². The average molecular weight is 471 g/mol. The van der Waals surface area contributed by atoms with Crippen LogP contribution in [0.1, 0.15) is 40.1 Å². The Balaban J connectivity index is 0.000000297. The number of ether oxygens (including phenoxy) is 1. The van der Waals surface area contributed by atoms with E-state index in [0.29, 0.717) is 25.9 Å². The normalized spacial score (nSPS) is 12.5. The molecule has 1 aromatic heterocycles. The molecule has 0 amide bonds. The molecular formula is C25H23N2NaO4S. The molecule has 1 aliphatic carbocycles. The van der Waals surface area contributed by atoms with Crippen molar-refractivity contribution in [2.24, 2.45) is 0 Å². The summed E-state index contributed by atoms with van der Waals surface area (Å²) in [6.07, 6.45) is 1.32. The van der Waals surface area contributed by atoms with E-state index in [4.69, 9.17) is 0 Å². The quantitative estimate of drug-likeness (QED) is 0.311. The van der Waals surface area contributed by atoms with E-state index in [1.54, 1.807) is 0 Å². The molecule has 8 heteroatoms. The molecule has 1 aliphatic rings. The van der Waals surface area contributed by atoms with Crippen LogP contribution in [0.15, 0.2) is 54.6 Å². The van der Waals surface area contributed by atoms with Crippen LogP contribution in [-0.4, -0.2) is 23.9 Å². The van der Waals surface area contributed by atoms with E-state index in [1.807, 2.05) is 68.6 Å². The third kappa shape index (κ3) is 6.92. The van der Waals surface area contributed by atoms with Crippen molar-refractivity contribution >= 4 is 29.7 Å². The van der Waals surface area contributed by atoms with Crippen LogP contribution in [0.3, 0.4) is 0 Å². The van der Waals surface area contributed by atoms with E-state index >= 15 is 0 Å². The van der Waals surface area contributed by atoms with Gasteiger partial charge in [0.25, 0.3) is 6.47 Å². The predicted octanol–water partition coefficient (Wildman–Crippen LogP) is 0.0381. The maximum atomic E-state index is 11.2. The minimum Gasteiger partial charge on any atom is -0.549 e. The molecule has 0 aliphatic heterocycles. The summed E-state index contributed by atoms with van der Waals surface area (Å²) in [5, 5.41) is 14.3. The largest absolute Gasteiger partial charge is 1.00 e. The number of nitrogens with zero attached hydrogens (tertiary/aromatic N) is 1. The molecular weight excluding hydrogens is 447 g/mol. The Morgan fingerprint density at radius 1 is 1.18 bits per heavy atom. The SMILES string of the molecule is CNc1c(C)nsc1C#Cc1ccc(C2(C(=O)[O-])CC2)cc1.O=COCc1ccccc1.[Na+]. The second-order valence-electron chi connectivity index (χ2n) is 7.31. The van der Waals surface area contributed by atoms with Crippen molar-refractivity contribution in [3.05, 3.63) is 81.9 Å². The zero-order valence-electron chi connectivity index (χ0n) is 18.9. The standard InChI is InChI=1S/C17H16N2O2S.C8H8O2.Na/c1-11-15(18-2)14(22-19-11)8-5-12-3-6-13(7-4-12)17(9-10-17)16(20)21;9-7-10-6-8-4-2-1-3-5-8;/h3-4,6-7,18H,9-10H2,1-2H3,(H,20,21);1-5,7H,6H2;/q;;+1/p-1. The monoisotopic (exact) mass is 470 g/mol. The second-order valence-corrected chi connectivity index (χ2v) is 8.09. The first-order valence-electron chi connectivity index (χ1n) is 10.1. The maximum absolute atomic E-state index is 11.2. The summed E-state index contributed by atoms with van der Waals surface area (Å²) in [5.74, 6) is 5.23. The number of aromatic nitrogens is 1. The van der Waals surface area contributed by atoms with E-state index < -0.39 is 11.4 Å². The number of benzene rings is 2. The predicted molar refractivity (Wildman–Crippen MR) is 122 cm³/mol. The van der Waals surface area contributed by atoms with Gasteiger partial charge in [-0.2, -0.15) is 4.37 Å². The third-order valence-electron chi connectivity index (χ3n) is 5.17. The van der Waals surface area contributed by atoms with E-state index in [0.717, 1.165) is 32.9 Å². The first kappa shape index (κ1) is 26.6. The van der Waals surface area contributed by atoms with Gasteiger partial charge < -0.3 is 20.0 Å². The van der Waals surface area contributed by atoms with Crippen LogP contribution in [0.2, 0.25) is 0 Å². The minimum absolute atomic E-state index is 0. The summed E-state index contributed by atoms with van der Waals surface area (Å²) in [6.45, 7) is 2.76. The van der Waals surface area contributed by atoms with E-state index in [9.17, 15) is 14.7 Å². The Hall–Kier alpha value is -2.63. The zero-order chi connectivity index (χ0) is 23.0. The summed E-state index contributed by atoms with van der Waals surface area (Å²) < 4.78 is 8.82. The van der Waals surface area contributed by atoms with E-state index in [-0.39, 0.29) is 29.6 Å². The van der Waals surface area contributed by atoms with Crippen molar-refractivity contribution in [1.82, 2.24) is 4.37 Å². The number of rotatable bonds is 6. The Morgan fingerprint density at radius 3 is 2.39 bits per heavy atom. The summed E-state index contributed by atoms with van der Waals surface area (Å²) in [7, 11) is 1.85. The van der Waals surface area contributed by atoms with Gasteiger partial charge in [-0.15, -0.1) is 0 Å². The topological polar surface area (TPSA) is 91.4 Å². The minimum atomic E-state index is -0.981. The van der Waals surface area contributed by atoms with Crippen LogP contribution in [0.25, 0.3) is 0 Å². The van der Waals surface area contributed by atoms with Crippen molar-refractivity contribution in [3.8, 4) is 11.8 Å². The third-order valence-corrected chi connectivity index (χ3v) is 6.03. The number of aryl methyl sites for hydroxylation is 1. The molecule has 0 atom stereocenters. The number of carboxylic acids is 1. The molecule has 2 aromatic carbocycles. The molecule has 3 aromatic rings. The van der Waals surface area contributed by atoms with Gasteiger partial charge in [-0.05, 0) is 60.5 Å². The molecule has 0 radical (unpaired) electrons. The van der Waals surface area contributed by atoms with Crippen molar-refractivity contribution in [2.45, 2.75) is 31.8 Å². The van der Waals surface area contributed by atoms with Crippen LogP contribution in [0.4, 0.5) is 5.69 Å². The first-order valence-corrected chi connectivity index (χ1v) is 10.8. The summed E-state index contributed by atoms with van der Waals surface area (Å²) in [4.78, 5) is 21.9. The fourth-order valence-electron chi connectivity index (χ4n) is 3.19. The molecule has 6 nitrogen and oxygen atoms in total. The Morgan fingerprint density at radius 2 is 1.85 bits per heavy atom. The molecule has 164 valence electrons. The van der Waals surface area contributed by atoms with E-state index in [1.165, 1.54) is 11.5 Å². The molecule has 0 saturated heterocycles. The Bertz CT molecular complexity index is 1130. The van der Waals surface area contributed by atoms with Crippen LogP contribution in [0, 0.1) is 18.8 Å². The van der Waals surface area contributed by atoms with Crippen molar-refractivity contribution < 1.29 is 49.0 Å². The molecule has 0 spiro atoms. The average Bonchev–Trinajstić information content (AvgIpc) is 3.56. The van der Waals surface area contributed by atoms with Crippen molar-refractivity contribution in [2.75, 3.05) is 12.4 Å². The van der Waals surface area contributed by atoms with Gasteiger partial charge in [0, 0.05) is 18.0 Å². The molecule has 0 bridgehead atoms. The van der Waals surface area contributed by atoms with Crippen LogP contribution >= 0.6 is 11.5 Å². The molecule has 33 heavy (non-hydrogen) atoms. The Kier molecular flexibility index (Phi) is 10.1. The fourth-order valence-corrected chi connectivity index (χ4v) is 3.95.